The highest BCUT2D eigenvalue weighted by atomic mass is 16.4. The van der Waals surface area contributed by atoms with Crippen LogP contribution in [0.15, 0.2) is 0 Å². The molecule has 1 saturated heterocycles. The number of hydrogen-bond acceptors (Lipinski definition) is 2. The quantitative estimate of drug-likeness (QED) is 0.809. The lowest BCUT2D eigenvalue weighted by molar-refractivity contribution is -0.138. The second-order valence-corrected chi connectivity index (χ2v) is 6.49. The molecule has 2 N–H and O–H groups in total. The fraction of sp³-hybridized carbons (Fsp3) is 0.857. The van der Waals surface area contributed by atoms with Crippen LogP contribution >= 0.6 is 0 Å². The summed E-state index contributed by atoms with van der Waals surface area (Å²) in [6.07, 6.45) is 3.09. The third-order valence-electron chi connectivity index (χ3n) is 3.95. The van der Waals surface area contributed by atoms with Gasteiger partial charge in [-0.25, -0.2) is 4.79 Å². The SMILES string of the molecule is CC(NC(=O)N1CCCC(C(C)(C)C)CC1)C(=O)O. The lowest BCUT2D eigenvalue weighted by Gasteiger charge is -2.29. The van der Waals surface area contributed by atoms with E-state index in [0.29, 0.717) is 19.0 Å². The van der Waals surface area contributed by atoms with E-state index in [1.807, 2.05) is 0 Å². The summed E-state index contributed by atoms with van der Waals surface area (Å²) in [5.41, 5.74) is 0.265. The monoisotopic (exact) mass is 270 g/mol. The maximum atomic E-state index is 12.0. The van der Waals surface area contributed by atoms with E-state index in [9.17, 15) is 9.59 Å². The molecule has 0 aliphatic carbocycles. The molecule has 5 heteroatoms. The van der Waals surface area contributed by atoms with Crippen molar-refractivity contribution in [2.75, 3.05) is 13.1 Å². The summed E-state index contributed by atoms with van der Waals surface area (Å²) in [7, 11) is 0. The molecule has 0 spiro atoms. The van der Waals surface area contributed by atoms with E-state index in [1.54, 1.807) is 4.90 Å². The van der Waals surface area contributed by atoms with E-state index in [2.05, 4.69) is 26.1 Å². The molecule has 0 saturated carbocycles. The number of carbonyl (C=O) groups excluding carboxylic acids is 1. The predicted octanol–water partition coefficient (Wildman–Crippen LogP) is 2.32. The third-order valence-corrected chi connectivity index (χ3v) is 3.95. The molecule has 0 radical (unpaired) electrons. The number of carboxylic acid groups (broad SMARTS) is 1. The van der Waals surface area contributed by atoms with Crippen LogP contribution in [0.25, 0.3) is 0 Å². The lowest BCUT2D eigenvalue weighted by atomic mass is 9.77. The van der Waals surface area contributed by atoms with Crippen LogP contribution in [0, 0.1) is 11.3 Å². The zero-order valence-electron chi connectivity index (χ0n) is 12.4. The van der Waals surface area contributed by atoms with Gasteiger partial charge >= 0.3 is 12.0 Å². The first-order valence-electron chi connectivity index (χ1n) is 7.00. The molecule has 2 atom stereocenters. The van der Waals surface area contributed by atoms with Gasteiger partial charge in [0.1, 0.15) is 6.04 Å². The van der Waals surface area contributed by atoms with Gasteiger partial charge in [0.2, 0.25) is 0 Å². The highest BCUT2D eigenvalue weighted by Gasteiger charge is 2.29. The normalized spacial score (nSPS) is 22.5. The molecule has 0 aromatic rings. The Hall–Kier alpha value is -1.26. The van der Waals surface area contributed by atoms with Crippen LogP contribution in [0.3, 0.4) is 0 Å². The molecule has 0 aromatic heterocycles. The summed E-state index contributed by atoms with van der Waals surface area (Å²) in [6, 6.07) is -1.10. The second kappa shape index (κ2) is 6.26. The smallest absolute Gasteiger partial charge is 0.325 e. The number of hydrogen-bond donors (Lipinski definition) is 2. The Labute approximate surface area is 115 Å². The molecule has 1 heterocycles. The molecule has 2 amide bonds. The van der Waals surface area contributed by atoms with Crippen LogP contribution in [-0.2, 0) is 4.79 Å². The summed E-state index contributed by atoms with van der Waals surface area (Å²) in [6.45, 7) is 9.61. The number of rotatable bonds is 2. The largest absolute Gasteiger partial charge is 0.480 e. The molecule has 1 fully saturated rings. The second-order valence-electron chi connectivity index (χ2n) is 6.49. The average Bonchev–Trinajstić information content (AvgIpc) is 2.53. The minimum atomic E-state index is -1.00. The third kappa shape index (κ3) is 4.73. The van der Waals surface area contributed by atoms with Crippen molar-refractivity contribution in [1.29, 1.82) is 0 Å². The first kappa shape index (κ1) is 15.8. The summed E-state index contributed by atoms with van der Waals surface area (Å²) in [4.78, 5) is 24.5. The van der Waals surface area contributed by atoms with Gasteiger partial charge in [0.15, 0.2) is 0 Å². The molecule has 110 valence electrons. The van der Waals surface area contributed by atoms with Crippen LogP contribution in [0.2, 0.25) is 0 Å². The molecule has 19 heavy (non-hydrogen) atoms. The van der Waals surface area contributed by atoms with Gasteiger partial charge < -0.3 is 15.3 Å². The number of likely N-dealkylation sites (tertiary alicyclic amines) is 1. The van der Waals surface area contributed by atoms with E-state index in [-0.39, 0.29) is 11.4 Å². The minimum Gasteiger partial charge on any atom is -0.480 e. The number of urea groups is 1. The standard InChI is InChI=1S/C14H26N2O3/c1-10(12(17)18)15-13(19)16-8-5-6-11(7-9-16)14(2,3)4/h10-11H,5-9H2,1-4H3,(H,15,19)(H,17,18). The van der Waals surface area contributed by atoms with Gasteiger partial charge in [-0.2, -0.15) is 0 Å². The van der Waals surface area contributed by atoms with Crippen molar-refractivity contribution in [3.05, 3.63) is 0 Å². The minimum absolute atomic E-state index is 0.260. The van der Waals surface area contributed by atoms with Gasteiger partial charge in [-0.05, 0) is 37.5 Å². The van der Waals surface area contributed by atoms with Crippen LogP contribution in [0.1, 0.15) is 47.0 Å². The Morgan fingerprint density at radius 1 is 1.26 bits per heavy atom. The number of amides is 2. The Morgan fingerprint density at radius 2 is 1.89 bits per heavy atom. The number of nitrogens with zero attached hydrogens (tertiary/aromatic N) is 1. The van der Waals surface area contributed by atoms with Gasteiger partial charge in [-0.1, -0.05) is 20.8 Å². The predicted molar refractivity (Wildman–Crippen MR) is 74.0 cm³/mol. The summed E-state index contributed by atoms with van der Waals surface area (Å²) in [5, 5.41) is 11.3. The number of nitrogens with one attached hydrogen (secondary N) is 1. The Bertz CT molecular complexity index is 336. The fourth-order valence-corrected chi connectivity index (χ4v) is 2.50. The average molecular weight is 270 g/mol. The summed E-state index contributed by atoms with van der Waals surface area (Å²) in [5.74, 6) is -0.391. The summed E-state index contributed by atoms with van der Waals surface area (Å²) < 4.78 is 0. The molecule has 5 nitrogen and oxygen atoms in total. The maximum absolute atomic E-state index is 12.0. The molecular weight excluding hydrogens is 244 g/mol. The topological polar surface area (TPSA) is 69.6 Å². The van der Waals surface area contributed by atoms with Crippen molar-refractivity contribution in [3.63, 3.8) is 0 Å². The highest BCUT2D eigenvalue weighted by Crippen LogP contribution is 2.34. The summed E-state index contributed by atoms with van der Waals surface area (Å²) >= 11 is 0. The number of carboxylic acids is 1. The first-order chi connectivity index (χ1) is 8.71. The molecule has 0 bridgehead atoms. The number of aliphatic carboxylic acids is 1. The first-order valence-corrected chi connectivity index (χ1v) is 7.00. The maximum Gasteiger partial charge on any atom is 0.325 e. The molecule has 2 unspecified atom stereocenters. The fourth-order valence-electron chi connectivity index (χ4n) is 2.50. The van der Waals surface area contributed by atoms with E-state index in [1.165, 1.54) is 6.92 Å². The van der Waals surface area contributed by atoms with Crippen LogP contribution < -0.4 is 5.32 Å². The van der Waals surface area contributed by atoms with Gasteiger partial charge in [0.25, 0.3) is 0 Å². The van der Waals surface area contributed by atoms with Crippen LogP contribution in [0.4, 0.5) is 4.79 Å². The lowest BCUT2D eigenvalue weighted by Crippen LogP contribution is -2.47. The van der Waals surface area contributed by atoms with Crippen molar-refractivity contribution >= 4 is 12.0 Å². The van der Waals surface area contributed by atoms with Crippen molar-refractivity contribution in [2.24, 2.45) is 11.3 Å². The van der Waals surface area contributed by atoms with Crippen LogP contribution in [-0.4, -0.2) is 41.1 Å². The van der Waals surface area contributed by atoms with Crippen LogP contribution in [0.5, 0.6) is 0 Å². The molecule has 1 aliphatic heterocycles. The van der Waals surface area contributed by atoms with Crippen molar-refractivity contribution in [3.8, 4) is 0 Å². The number of carbonyl (C=O) groups is 2. The molecule has 0 aromatic carbocycles. The van der Waals surface area contributed by atoms with Crippen molar-refractivity contribution < 1.29 is 14.7 Å². The highest BCUT2D eigenvalue weighted by molar-refractivity contribution is 5.82. The van der Waals surface area contributed by atoms with E-state index in [4.69, 9.17) is 5.11 Å². The van der Waals surface area contributed by atoms with Crippen molar-refractivity contribution in [2.45, 2.75) is 53.0 Å². The van der Waals surface area contributed by atoms with E-state index < -0.39 is 12.0 Å². The van der Waals surface area contributed by atoms with E-state index in [0.717, 1.165) is 19.3 Å². The van der Waals surface area contributed by atoms with E-state index >= 15 is 0 Å². The molecular formula is C14H26N2O3. The van der Waals surface area contributed by atoms with Crippen molar-refractivity contribution in [1.82, 2.24) is 10.2 Å². The van der Waals surface area contributed by atoms with Gasteiger partial charge in [0.05, 0.1) is 0 Å². The zero-order valence-corrected chi connectivity index (χ0v) is 12.4. The molecule has 1 aliphatic rings. The Balaban J connectivity index is 2.53. The zero-order chi connectivity index (χ0) is 14.6. The molecule has 1 rings (SSSR count). The Morgan fingerprint density at radius 3 is 2.42 bits per heavy atom. The Kier molecular flexibility index (Phi) is 5.20. The van der Waals surface area contributed by atoms with Gasteiger partial charge in [0, 0.05) is 13.1 Å². The van der Waals surface area contributed by atoms with Gasteiger partial charge in [-0.15, -0.1) is 0 Å². The van der Waals surface area contributed by atoms with Gasteiger partial charge in [-0.3, -0.25) is 4.79 Å².